The smallest absolute Gasteiger partial charge is 0.251 e. The zero-order valence-electron chi connectivity index (χ0n) is 23.2. The highest BCUT2D eigenvalue weighted by Crippen LogP contribution is 2.29. The van der Waals surface area contributed by atoms with E-state index in [4.69, 9.17) is 16.6 Å². The quantitative estimate of drug-likeness (QED) is 0.164. The Morgan fingerprint density at radius 2 is 1.69 bits per heavy atom. The molecule has 1 N–H and O–H groups in total. The molecule has 6 rings (SSSR count). The van der Waals surface area contributed by atoms with Crippen molar-refractivity contribution >= 4 is 51.3 Å². The Kier molecular flexibility index (Phi) is 8.49. The Balaban J connectivity index is 1.43. The number of imidazole rings is 1. The first-order valence-corrected chi connectivity index (χ1v) is 15.4. The van der Waals surface area contributed by atoms with Gasteiger partial charge >= 0.3 is 0 Å². The van der Waals surface area contributed by atoms with E-state index in [0.29, 0.717) is 29.1 Å². The van der Waals surface area contributed by atoms with Crippen LogP contribution in [0.25, 0.3) is 22.1 Å². The Bertz CT molecular complexity index is 1860. The largest absolute Gasteiger partial charge is 0.342 e. The van der Waals surface area contributed by atoms with Gasteiger partial charge in [-0.3, -0.25) is 14.8 Å². The summed E-state index contributed by atoms with van der Waals surface area (Å²) in [7, 11) is 0. The molecule has 6 nitrogen and oxygen atoms in total. The molecule has 0 radical (unpaired) electrons. The van der Waals surface area contributed by atoms with Gasteiger partial charge in [0.15, 0.2) is 0 Å². The number of fused-ring (bicyclic) bond motifs is 2. The first-order valence-electron chi connectivity index (χ1n) is 14.0. The Morgan fingerprint density at radius 1 is 0.881 bits per heavy atom. The van der Waals surface area contributed by atoms with Crippen LogP contribution in [-0.4, -0.2) is 31.2 Å². The summed E-state index contributed by atoms with van der Waals surface area (Å²) in [5.41, 5.74) is 6.03. The van der Waals surface area contributed by atoms with Crippen LogP contribution in [0.4, 0.5) is 0 Å². The third-order valence-corrected chi connectivity index (χ3v) is 8.52. The van der Waals surface area contributed by atoms with Gasteiger partial charge in [0, 0.05) is 34.4 Å². The van der Waals surface area contributed by atoms with Gasteiger partial charge in [-0.1, -0.05) is 61.0 Å². The van der Waals surface area contributed by atoms with Gasteiger partial charge in [-0.15, -0.1) is 11.8 Å². The summed E-state index contributed by atoms with van der Waals surface area (Å²) < 4.78 is 2.20. The minimum atomic E-state index is -0.393. The van der Waals surface area contributed by atoms with Crippen molar-refractivity contribution in [1.82, 2.24) is 24.8 Å². The number of benzene rings is 4. The van der Waals surface area contributed by atoms with Gasteiger partial charge in [0.1, 0.15) is 5.82 Å². The van der Waals surface area contributed by atoms with Gasteiger partial charge in [0.05, 0.1) is 28.1 Å². The van der Waals surface area contributed by atoms with Crippen LogP contribution < -0.4 is 5.32 Å². The third kappa shape index (κ3) is 6.32. The van der Waals surface area contributed by atoms with Gasteiger partial charge in [-0.25, -0.2) is 4.98 Å². The molecule has 2 aromatic heterocycles. The normalized spacial score (nSPS) is 12.0. The lowest BCUT2D eigenvalue weighted by atomic mass is 10.0. The first kappa shape index (κ1) is 27.9. The van der Waals surface area contributed by atoms with Gasteiger partial charge < -0.3 is 9.88 Å². The van der Waals surface area contributed by atoms with E-state index < -0.39 is 6.04 Å². The lowest BCUT2D eigenvalue weighted by Crippen LogP contribution is -2.32. The molecule has 1 amide bonds. The average Bonchev–Trinajstić information content (AvgIpc) is 3.37. The predicted molar refractivity (Wildman–Crippen MR) is 171 cm³/mol. The van der Waals surface area contributed by atoms with Crippen LogP contribution in [0, 0.1) is 0 Å². The van der Waals surface area contributed by atoms with E-state index in [-0.39, 0.29) is 5.91 Å². The second-order valence-electron chi connectivity index (χ2n) is 10.2. The number of nitrogens with zero attached hydrogens (tertiary/aromatic N) is 4. The molecule has 1 unspecified atom stereocenters. The molecule has 8 heteroatoms. The van der Waals surface area contributed by atoms with Crippen LogP contribution in [0.2, 0.25) is 5.02 Å². The van der Waals surface area contributed by atoms with Crippen molar-refractivity contribution in [3.63, 3.8) is 0 Å². The Morgan fingerprint density at radius 3 is 2.50 bits per heavy atom. The summed E-state index contributed by atoms with van der Waals surface area (Å²) in [6.07, 6.45) is 4.96. The molecule has 0 spiro atoms. The maximum atomic E-state index is 13.7. The SMILES string of the molecule is CCCSc1ccc2c(c1)nc(C(Cc1ccccc1)NC(=O)c1ccc3nccnc3c1)n2Cc1cccc(Cl)c1. The first-order chi connectivity index (χ1) is 20.6. The molecule has 1 atom stereocenters. The highest BCUT2D eigenvalue weighted by atomic mass is 35.5. The van der Waals surface area contributed by atoms with E-state index in [0.717, 1.165) is 45.7 Å². The van der Waals surface area contributed by atoms with Crippen LogP contribution >= 0.6 is 23.4 Å². The Hall–Kier alpha value is -4.20. The maximum absolute atomic E-state index is 13.7. The summed E-state index contributed by atoms with van der Waals surface area (Å²) in [6.45, 7) is 2.75. The predicted octanol–water partition coefficient (Wildman–Crippen LogP) is 7.90. The summed E-state index contributed by atoms with van der Waals surface area (Å²) in [4.78, 5) is 28.8. The molecule has 0 aliphatic heterocycles. The molecular formula is C34H30ClN5OS. The molecular weight excluding hydrogens is 562 g/mol. The molecule has 6 aromatic rings. The standard InChI is InChI=1S/C34H30ClN5OS/c1-2-17-42-27-12-14-32-30(21-27)38-33(40(32)22-24-9-6-10-26(35)18-24)31(19-23-7-4-3-5-8-23)39-34(41)25-11-13-28-29(20-25)37-16-15-36-28/h3-16,18,20-21,31H,2,17,19,22H2,1H3,(H,39,41). The molecule has 2 heterocycles. The van der Waals surface area contributed by atoms with Crippen molar-refractivity contribution in [2.75, 3.05) is 5.75 Å². The number of carbonyl (C=O) groups excluding carboxylic acids is 1. The summed E-state index contributed by atoms with van der Waals surface area (Å²) in [5, 5.41) is 3.99. The zero-order valence-corrected chi connectivity index (χ0v) is 24.8. The summed E-state index contributed by atoms with van der Waals surface area (Å²) in [6, 6.07) is 29.5. The second-order valence-corrected chi connectivity index (χ2v) is 11.8. The monoisotopic (exact) mass is 591 g/mol. The number of amides is 1. The van der Waals surface area contributed by atoms with E-state index in [2.05, 4.69) is 63.2 Å². The van der Waals surface area contributed by atoms with Crippen molar-refractivity contribution in [1.29, 1.82) is 0 Å². The van der Waals surface area contributed by atoms with Gasteiger partial charge in [0.25, 0.3) is 5.91 Å². The fraction of sp³-hybridized carbons (Fsp3) is 0.176. The maximum Gasteiger partial charge on any atom is 0.251 e. The average molecular weight is 592 g/mol. The zero-order chi connectivity index (χ0) is 28.9. The van der Waals surface area contributed by atoms with Crippen molar-refractivity contribution in [3.8, 4) is 0 Å². The molecule has 0 aliphatic rings. The highest BCUT2D eigenvalue weighted by molar-refractivity contribution is 7.99. The molecule has 0 saturated heterocycles. The van der Waals surface area contributed by atoms with Crippen LogP contribution in [0.15, 0.2) is 108 Å². The molecule has 0 fully saturated rings. The van der Waals surface area contributed by atoms with E-state index >= 15 is 0 Å². The summed E-state index contributed by atoms with van der Waals surface area (Å²) >= 11 is 8.19. The fourth-order valence-electron chi connectivity index (χ4n) is 5.09. The third-order valence-electron chi connectivity index (χ3n) is 7.08. The molecule has 0 bridgehead atoms. The van der Waals surface area contributed by atoms with Crippen LogP contribution in [0.1, 0.15) is 46.7 Å². The van der Waals surface area contributed by atoms with E-state index in [9.17, 15) is 4.79 Å². The molecule has 0 saturated carbocycles. The van der Waals surface area contributed by atoms with Gasteiger partial charge in [-0.2, -0.15) is 0 Å². The number of rotatable bonds is 10. The van der Waals surface area contributed by atoms with Crippen LogP contribution in [-0.2, 0) is 13.0 Å². The number of aromatic nitrogens is 4. The number of halogens is 1. The lowest BCUT2D eigenvalue weighted by Gasteiger charge is -2.21. The minimum Gasteiger partial charge on any atom is -0.342 e. The topological polar surface area (TPSA) is 72.7 Å². The van der Waals surface area contributed by atoms with Gasteiger partial charge in [0.2, 0.25) is 0 Å². The van der Waals surface area contributed by atoms with E-state index in [1.807, 2.05) is 54.2 Å². The number of nitrogens with one attached hydrogen (secondary N) is 1. The van der Waals surface area contributed by atoms with Crippen LogP contribution in [0.5, 0.6) is 0 Å². The molecule has 0 aliphatic carbocycles. The molecule has 42 heavy (non-hydrogen) atoms. The number of carbonyl (C=O) groups is 1. The lowest BCUT2D eigenvalue weighted by molar-refractivity contribution is 0.0934. The summed E-state index contributed by atoms with van der Waals surface area (Å²) in [5.74, 6) is 1.65. The van der Waals surface area contributed by atoms with Crippen molar-refractivity contribution in [2.45, 2.75) is 37.2 Å². The minimum absolute atomic E-state index is 0.191. The van der Waals surface area contributed by atoms with Crippen molar-refractivity contribution < 1.29 is 4.79 Å². The number of hydrogen-bond acceptors (Lipinski definition) is 5. The van der Waals surface area contributed by atoms with Gasteiger partial charge in [-0.05, 0) is 78.3 Å². The van der Waals surface area contributed by atoms with Crippen molar-refractivity contribution in [2.24, 2.45) is 0 Å². The van der Waals surface area contributed by atoms with Crippen LogP contribution in [0.3, 0.4) is 0 Å². The number of thioether (sulfide) groups is 1. The van der Waals surface area contributed by atoms with E-state index in [1.54, 1.807) is 24.5 Å². The van der Waals surface area contributed by atoms with E-state index in [1.165, 1.54) is 4.90 Å². The van der Waals surface area contributed by atoms with Crippen molar-refractivity contribution in [3.05, 3.63) is 131 Å². The Labute approximate surface area is 254 Å². The number of hydrogen-bond donors (Lipinski definition) is 1. The highest BCUT2D eigenvalue weighted by Gasteiger charge is 2.24. The fourth-order valence-corrected chi connectivity index (χ4v) is 6.10. The molecule has 210 valence electrons. The molecule has 4 aromatic carbocycles. The second kappa shape index (κ2) is 12.8.